The molecule has 1 fully saturated rings. The Labute approximate surface area is 129 Å². The smallest absolute Gasteiger partial charge is 0.164 e. The molecule has 1 saturated heterocycles. The summed E-state index contributed by atoms with van der Waals surface area (Å²) in [4.78, 5) is 14.5. The normalized spacial score (nSPS) is 20.0. The van der Waals surface area contributed by atoms with Gasteiger partial charge in [0.15, 0.2) is 5.78 Å². The lowest BCUT2D eigenvalue weighted by molar-refractivity contribution is 0.0937. The predicted octanol–water partition coefficient (Wildman–Crippen LogP) is 3.12. The number of piperidine rings is 1. The number of aliphatic hydroxyl groups is 1. The molecule has 0 bridgehead atoms. The maximum absolute atomic E-state index is 12.1. The highest BCUT2D eigenvalue weighted by atomic mass is 79.9. The van der Waals surface area contributed by atoms with Crippen molar-refractivity contribution in [2.24, 2.45) is 5.92 Å². The van der Waals surface area contributed by atoms with Gasteiger partial charge in [-0.05, 0) is 43.9 Å². The molecule has 0 aromatic heterocycles. The first-order chi connectivity index (χ1) is 9.69. The molecular weight excluding hydrogens is 318 g/mol. The van der Waals surface area contributed by atoms with Crippen LogP contribution in [-0.2, 0) is 0 Å². The van der Waals surface area contributed by atoms with E-state index in [0.29, 0.717) is 12.3 Å². The van der Waals surface area contributed by atoms with E-state index >= 15 is 0 Å². The molecule has 1 aromatic carbocycles. The average Bonchev–Trinajstić information content (AvgIpc) is 2.46. The Morgan fingerprint density at radius 1 is 1.35 bits per heavy atom. The Morgan fingerprint density at radius 2 is 2.10 bits per heavy atom. The highest BCUT2D eigenvalue weighted by molar-refractivity contribution is 9.10. The molecule has 1 aliphatic heterocycles. The highest BCUT2D eigenvalue weighted by Crippen LogP contribution is 2.19. The minimum Gasteiger partial charge on any atom is -0.396 e. The van der Waals surface area contributed by atoms with Gasteiger partial charge in [-0.25, -0.2) is 0 Å². The largest absolute Gasteiger partial charge is 0.396 e. The molecule has 0 aliphatic carbocycles. The minimum atomic E-state index is 0.210. The zero-order chi connectivity index (χ0) is 14.4. The van der Waals surface area contributed by atoms with Crippen LogP contribution in [0.2, 0.25) is 0 Å². The van der Waals surface area contributed by atoms with Crippen LogP contribution >= 0.6 is 15.9 Å². The molecule has 4 heteroatoms. The zero-order valence-electron chi connectivity index (χ0n) is 11.7. The van der Waals surface area contributed by atoms with E-state index < -0.39 is 0 Å². The molecule has 0 saturated carbocycles. The van der Waals surface area contributed by atoms with Crippen LogP contribution in [0, 0.1) is 5.92 Å². The molecule has 2 rings (SSSR count). The summed E-state index contributed by atoms with van der Waals surface area (Å²) in [5, 5.41) is 9.02. The Hall–Kier alpha value is -0.710. The third-order valence-corrected chi connectivity index (χ3v) is 4.49. The maximum atomic E-state index is 12.1. The van der Waals surface area contributed by atoms with E-state index in [1.165, 1.54) is 12.8 Å². The summed E-state index contributed by atoms with van der Waals surface area (Å²) in [5.41, 5.74) is 0.789. The summed E-state index contributed by atoms with van der Waals surface area (Å²) in [7, 11) is 0. The number of rotatable bonds is 6. The predicted molar refractivity (Wildman–Crippen MR) is 84.0 cm³/mol. The van der Waals surface area contributed by atoms with Gasteiger partial charge >= 0.3 is 0 Å². The molecule has 0 amide bonds. The number of nitrogens with zero attached hydrogens (tertiary/aromatic N) is 1. The second-order valence-electron chi connectivity index (χ2n) is 5.50. The number of aliphatic hydroxyl groups excluding tert-OH is 1. The van der Waals surface area contributed by atoms with Gasteiger partial charge in [-0.1, -0.05) is 28.1 Å². The Morgan fingerprint density at radius 3 is 2.80 bits per heavy atom. The standard InChI is InChI=1S/C16H22BrNO2/c17-15-5-3-14(4-6-15)16(20)7-10-18-9-1-2-13(12-18)8-11-19/h3-6,13,19H,1-2,7-12H2. The average molecular weight is 340 g/mol. The first kappa shape index (κ1) is 15.7. The maximum Gasteiger partial charge on any atom is 0.164 e. The van der Waals surface area contributed by atoms with Gasteiger partial charge in [-0.2, -0.15) is 0 Å². The number of halogens is 1. The van der Waals surface area contributed by atoms with Crippen LogP contribution < -0.4 is 0 Å². The van der Waals surface area contributed by atoms with Crippen molar-refractivity contribution in [2.75, 3.05) is 26.2 Å². The Balaban J connectivity index is 1.79. The molecule has 3 nitrogen and oxygen atoms in total. The van der Waals surface area contributed by atoms with Gasteiger partial charge in [0.05, 0.1) is 0 Å². The van der Waals surface area contributed by atoms with Crippen molar-refractivity contribution in [1.29, 1.82) is 0 Å². The van der Waals surface area contributed by atoms with E-state index in [9.17, 15) is 4.79 Å². The van der Waals surface area contributed by atoms with Gasteiger partial charge in [0.2, 0.25) is 0 Å². The van der Waals surface area contributed by atoms with Gasteiger partial charge in [0.1, 0.15) is 0 Å². The monoisotopic (exact) mass is 339 g/mol. The minimum absolute atomic E-state index is 0.210. The molecule has 1 aromatic rings. The summed E-state index contributed by atoms with van der Waals surface area (Å²) >= 11 is 3.38. The first-order valence-corrected chi connectivity index (χ1v) is 8.10. The fourth-order valence-electron chi connectivity index (χ4n) is 2.81. The van der Waals surface area contributed by atoms with Crippen LogP contribution in [0.15, 0.2) is 28.7 Å². The molecule has 0 radical (unpaired) electrons. The Bertz CT molecular complexity index is 431. The molecule has 1 N–H and O–H groups in total. The van der Waals surface area contributed by atoms with Crippen molar-refractivity contribution in [3.63, 3.8) is 0 Å². The lowest BCUT2D eigenvalue weighted by Crippen LogP contribution is -2.37. The second-order valence-corrected chi connectivity index (χ2v) is 6.42. The quantitative estimate of drug-likeness (QED) is 0.809. The fourth-order valence-corrected chi connectivity index (χ4v) is 3.08. The highest BCUT2D eigenvalue weighted by Gasteiger charge is 2.19. The third-order valence-electron chi connectivity index (χ3n) is 3.96. The molecule has 1 aliphatic rings. The van der Waals surface area contributed by atoms with E-state index in [0.717, 1.165) is 36.1 Å². The van der Waals surface area contributed by atoms with Gasteiger partial charge in [-0.3, -0.25) is 4.79 Å². The van der Waals surface area contributed by atoms with Crippen LogP contribution in [0.5, 0.6) is 0 Å². The van der Waals surface area contributed by atoms with Gasteiger partial charge in [-0.15, -0.1) is 0 Å². The third kappa shape index (κ3) is 4.69. The van der Waals surface area contributed by atoms with Crippen LogP contribution in [0.1, 0.15) is 36.0 Å². The SMILES string of the molecule is O=C(CCN1CCCC(CCO)C1)c1ccc(Br)cc1. The van der Waals surface area contributed by atoms with Crippen molar-refractivity contribution >= 4 is 21.7 Å². The molecule has 20 heavy (non-hydrogen) atoms. The number of hydrogen-bond donors (Lipinski definition) is 1. The Kier molecular flexibility index (Phi) is 6.20. The summed E-state index contributed by atoms with van der Waals surface area (Å²) in [6.07, 6.45) is 3.85. The van der Waals surface area contributed by atoms with Crippen molar-refractivity contribution in [2.45, 2.75) is 25.7 Å². The van der Waals surface area contributed by atoms with Gasteiger partial charge in [0.25, 0.3) is 0 Å². The second kappa shape index (κ2) is 7.91. The van der Waals surface area contributed by atoms with Crippen molar-refractivity contribution in [1.82, 2.24) is 4.90 Å². The summed E-state index contributed by atoms with van der Waals surface area (Å²) in [6, 6.07) is 7.56. The topological polar surface area (TPSA) is 40.5 Å². The summed E-state index contributed by atoms with van der Waals surface area (Å²) in [5.74, 6) is 0.804. The number of carbonyl (C=O) groups is 1. The zero-order valence-corrected chi connectivity index (χ0v) is 13.3. The van der Waals surface area contributed by atoms with Gasteiger partial charge < -0.3 is 10.0 Å². The molecular formula is C16H22BrNO2. The lowest BCUT2D eigenvalue weighted by Gasteiger charge is -2.32. The van der Waals surface area contributed by atoms with Crippen molar-refractivity contribution < 1.29 is 9.90 Å². The molecule has 1 atom stereocenters. The number of likely N-dealkylation sites (tertiary alicyclic amines) is 1. The number of carbonyl (C=O) groups excluding carboxylic acids is 1. The van der Waals surface area contributed by atoms with Crippen LogP contribution in [0.3, 0.4) is 0 Å². The van der Waals surface area contributed by atoms with E-state index in [1.807, 2.05) is 24.3 Å². The fraction of sp³-hybridized carbons (Fsp3) is 0.562. The van der Waals surface area contributed by atoms with Crippen LogP contribution in [0.25, 0.3) is 0 Å². The summed E-state index contributed by atoms with van der Waals surface area (Å²) in [6.45, 7) is 3.21. The van der Waals surface area contributed by atoms with Gasteiger partial charge in [0, 0.05) is 36.2 Å². The van der Waals surface area contributed by atoms with E-state index in [1.54, 1.807) is 0 Å². The molecule has 1 heterocycles. The molecule has 110 valence electrons. The van der Waals surface area contributed by atoms with E-state index in [4.69, 9.17) is 5.11 Å². The van der Waals surface area contributed by atoms with Crippen LogP contribution in [0.4, 0.5) is 0 Å². The number of benzene rings is 1. The van der Waals surface area contributed by atoms with Crippen LogP contribution in [-0.4, -0.2) is 42.0 Å². The lowest BCUT2D eigenvalue weighted by atomic mass is 9.95. The van der Waals surface area contributed by atoms with E-state index in [2.05, 4.69) is 20.8 Å². The van der Waals surface area contributed by atoms with E-state index in [-0.39, 0.29) is 12.4 Å². The molecule has 1 unspecified atom stereocenters. The van der Waals surface area contributed by atoms with Crippen molar-refractivity contribution in [3.05, 3.63) is 34.3 Å². The number of ketones is 1. The number of Topliss-reactive ketones (excluding diaryl/α,β-unsaturated/α-hetero) is 1. The summed E-state index contributed by atoms with van der Waals surface area (Å²) < 4.78 is 0.997. The first-order valence-electron chi connectivity index (χ1n) is 7.31. The molecule has 0 spiro atoms. The van der Waals surface area contributed by atoms with Crippen molar-refractivity contribution in [3.8, 4) is 0 Å². The number of hydrogen-bond acceptors (Lipinski definition) is 3.